The molecule has 6 heteroatoms. The molecule has 23 heavy (non-hydrogen) atoms. The molecule has 0 unspecified atom stereocenters. The van der Waals surface area contributed by atoms with Crippen molar-refractivity contribution in [2.75, 3.05) is 13.1 Å². The van der Waals surface area contributed by atoms with E-state index in [0.29, 0.717) is 36.0 Å². The lowest BCUT2D eigenvalue weighted by Crippen LogP contribution is -2.32. The number of carbonyl (C=O) groups excluding carboxylic acids is 1. The van der Waals surface area contributed by atoms with Crippen LogP contribution < -0.4 is 5.73 Å². The van der Waals surface area contributed by atoms with Gasteiger partial charge in [0.1, 0.15) is 11.4 Å². The normalized spacial score (nSPS) is 20.9. The summed E-state index contributed by atoms with van der Waals surface area (Å²) in [5, 5.41) is 16.8. The number of aromatic nitrogens is 2. The number of nitrogens with one attached hydrogen (secondary N) is 1. The number of carbonyl (C=O) groups is 1. The molecule has 1 aliphatic rings. The molecule has 1 saturated heterocycles. The van der Waals surface area contributed by atoms with E-state index in [1.54, 1.807) is 29.2 Å². The number of phenols is 1. The van der Waals surface area contributed by atoms with Crippen LogP contribution in [0.1, 0.15) is 30.3 Å². The van der Waals surface area contributed by atoms with Crippen LogP contribution in [0.3, 0.4) is 0 Å². The zero-order chi connectivity index (χ0) is 16.4. The number of hydrogen-bond donors (Lipinski definition) is 3. The SMILES string of the molecule is CCC[C@H]1CN(C(=O)c2cc(-c3ccccc3O)n[nH]2)C[C@@H]1N. The van der Waals surface area contributed by atoms with Crippen LogP contribution in [0.15, 0.2) is 30.3 Å². The molecule has 2 atom stereocenters. The zero-order valence-electron chi connectivity index (χ0n) is 13.2. The number of aromatic amines is 1. The molecule has 1 aliphatic heterocycles. The fourth-order valence-electron chi connectivity index (χ4n) is 3.17. The molecule has 6 nitrogen and oxygen atoms in total. The van der Waals surface area contributed by atoms with E-state index in [2.05, 4.69) is 17.1 Å². The molecule has 2 aromatic rings. The van der Waals surface area contributed by atoms with Gasteiger partial charge in [0.15, 0.2) is 0 Å². The Hall–Kier alpha value is -2.34. The third-order valence-corrected chi connectivity index (χ3v) is 4.43. The van der Waals surface area contributed by atoms with Gasteiger partial charge in [-0.3, -0.25) is 9.89 Å². The van der Waals surface area contributed by atoms with E-state index in [-0.39, 0.29) is 17.7 Å². The van der Waals surface area contributed by atoms with Crippen molar-refractivity contribution in [2.24, 2.45) is 11.7 Å². The number of likely N-dealkylation sites (tertiary alicyclic amines) is 1. The third-order valence-electron chi connectivity index (χ3n) is 4.43. The van der Waals surface area contributed by atoms with E-state index < -0.39 is 0 Å². The zero-order valence-corrected chi connectivity index (χ0v) is 13.2. The first-order valence-electron chi connectivity index (χ1n) is 7.98. The van der Waals surface area contributed by atoms with Gasteiger partial charge in [0.25, 0.3) is 5.91 Å². The summed E-state index contributed by atoms with van der Waals surface area (Å²) >= 11 is 0. The summed E-state index contributed by atoms with van der Waals surface area (Å²) in [4.78, 5) is 14.4. The summed E-state index contributed by atoms with van der Waals surface area (Å²) in [5.41, 5.74) is 7.72. The lowest BCUT2D eigenvalue weighted by atomic mass is 9.99. The summed E-state index contributed by atoms with van der Waals surface area (Å²) in [6.07, 6.45) is 2.11. The van der Waals surface area contributed by atoms with Crippen LogP contribution in [-0.4, -0.2) is 45.2 Å². The number of hydrogen-bond acceptors (Lipinski definition) is 4. The molecule has 0 aliphatic carbocycles. The van der Waals surface area contributed by atoms with E-state index in [1.165, 1.54) is 0 Å². The van der Waals surface area contributed by atoms with Gasteiger partial charge in [-0.25, -0.2) is 0 Å². The molecule has 1 fully saturated rings. The fourth-order valence-corrected chi connectivity index (χ4v) is 3.17. The molecule has 0 saturated carbocycles. The first-order valence-corrected chi connectivity index (χ1v) is 7.98. The molecular weight excluding hydrogens is 292 g/mol. The number of nitrogens with two attached hydrogens (primary N) is 1. The van der Waals surface area contributed by atoms with Gasteiger partial charge >= 0.3 is 0 Å². The highest BCUT2D eigenvalue weighted by Crippen LogP contribution is 2.28. The second-order valence-electron chi connectivity index (χ2n) is 6.11. The van der Waals surface area contributed by atoms with Crippen molar-refractivity contribution in [3.05, 3.63) is 36.0 Å². The number of nitrogens with zero attached hydrogens (tertiary/aromatic N) is 2. The predicted octanol–water partition coefficient (Wildman–Crippen LogP) is 1.98. The van der Waals surface area contributed by atoms with Gasteiger partial charge in [-0.15, -0.1) is 0 Å². The molecule has 122 valence electrons. The number of phenolic OH excluding ortho intramolecular Hbond substituents is 1. The maximum Gasteiger partial charge on any atom is 0.271 e. The molecule has 2 heterocycles. The average Bonchev–Trinajstić information content (AvgIpc) is 3.15. The Morgan fingerprint density at radius 3 is 2.96 bits per heavy atom. The van der Waals surface area contributed by atoms with Crippen molar-refractivity contribution in [1.29, 1.82) is 0 Å². The number of H-pyrrole nitrogens is 1. The first kappa shape index (κ1) is 15.6. The van der Waals surface area contributed by atoms with E-state index in [0.717, 1.165) is 12.8 Å². The topological polar surface area (TPSA) is 95.2 Å². The van der Waals surface area contributed by atoms with Crippen molar-refractivity contribution in [3.8, 4) is 17.0 Å². The Labute approximate surface area is 135 Å². The number of para-hydroxylation sites is 1. The smallest absolute Gasteiger partial charge is 0.271 e. The maximum absolute atomic E-state index is 12.6. The summed E-state index contributed by atoms with van der Waals surface area (Å²) in [5.74, 6) is 0.418. The van der Waals surface area contributed by atoms with Gasteiger partial charge in [-0.1, -0.05) is 25.5 Å². The van der Waals surface area contributed by atoms with Crippen LogP contribution in [-0.2, 0) is 0 Å². The number of aromatic hydroxyl groups is 1. The summed E-state index contributed by atoms with van der Waals surface area (Å²) < 4.78 is 0. The highest BCUT2D eigenvalue weighted by molar-refractivity contribution is 5.93. The van der Waals surface area contributed by atoms with Gasteiger partial charge in [0, 0.05) is 24.7 Å². The monoisotopic (exact) mass is 314 g/mol. The Bertz CT molecular complexity index is 697. The maximum atomic E-state index is 12.6. The molecule has 0 spiro atoms. The first-order chi connectivity index (χ1) is 11.1. The summed E-state index contributed by atoms with van der Waals surface area (Å²) in [6.45, 7) is 3.40. The summed E-state index contributed by atoms with van der Waals surface area (Å²) in [7, 11) is 0. The fraction of sp³-hybridized carbons (Fsp3) is 0.412. The van der Waals surface area contributed by atoms with Crippen LogP contribution >= 0.6 is 0 Å². The van der Waals surface area contributed by atoms with E-state index in [1.807, 2.05) is 6.07 Å². The molecule has 4 N–H and O–H groups in total. The largest absolute Gasteiger partial charge is 0.507 e. The standard InChI is InChI=1S/C17H22N4O2/c1-2-5-11-9-21(10-13(11)18)17(23)15-8-14(19-20-15)12-6-3-4-7-16(12)22/h3-4,6-8,11,13,22H,2,5,9-10,18H2,1H3,(H,19,20)/t11-,13-/m0/s1. The van der Waals surface area contributed by atoms with Gasteiger partial charge < -0.3 is 15.7 Å². The van der Waals surface area contributed by atoms with E-state index >= 15 is 0 Å². The Balaban J connectivity index is 1.76. The predicted molar refractivity (Wildman–Crippen MR) is 88.0 cm³/mol. The van der Waals surface area contributed by atoms with Crippen molar-refractivity contribution in [3.63, 3.8) is 0 Å². The summed E-state index contributed by atoms with van der Waals surface area (Å²) in [6, 6.07) is 8.65. The molecular formula is C17H22N4O2. The second-order valence-corrected chi connectivity index (χ2v) is 6.11. The van der Waals surface area contributed by atoms with Crippen molar-refractivity contribution < 1.29 is 9.90 Å². The minimum atomic E-state index is -0.0896. The molecule has 0 bridgehead atoms. The van der Waals surface area contributed by atoms with Crippen LogP contribution in [0.25, 0.3) is 11.3 Å². The van der Waals surface area contributed by atoms with Crippen molar-refractivity contribution in [1.82, 2.24) is 15.1 Å². The minimum absolute atomic E-state index is 0.0412. The average molecular weight is 314 g/mol. The Kier molecular flexibility index (Phi) is 4.34. The lowest BCUT2D eigenvalue weighted by molar-refractivity contribution is 0.0779. The minimum Gasteiger partial charge on any atom is -0.507 e. The number of benzene rings is 1. The van der Waals surface area contributed by atoms with Crippen molar-refractivity contribution in [2.45, 2.75) is 25.8 Å². The lowest BCUT2D eigenvalue weighted by Gasteiger charge is -2.14. The molecule has 1 aromatic carbocycles. The number of amides is 1. The quantitative estimate of drug-likeness (QED) is 0.804. The van der Waals surface area contributed by atoms with Gasteiger partial charge in [0.05, 0.1) is 5.69 Å². The second kappa shape index (κ2) is 6.42. The van der Waals surface area contributed by atoms with Crippen molar-refractivity contribution >= 4 is 5.91 Å². The van der Waals surface area contributed by atoms with Crippen LogP contribution in [0.5, 0.6) is 5.75 Å². The molecule has 0 radical (unpaired) electrons. The molecule has 1 aromatic heterocycles. The van der Waals surface area contributed by atoms with Gasteiger partial charge in [-0.05, 0) is 30.5 Å². The van der Waals surface area contributed by atoms with E-state index in [4.69, 9.17) is 5.73 Å². The highest BCUT2D eigenvalue weighted by Gasteiger charge is 2.33. The van der Waals surface area contributed by atoms with Crippen LogP contribution in [0, 0.1) is 5.92 Å². The third kappa shape index (κ3) is 3.07. The highest BCUT2D eigenvalue weighted by atomic mass is 16.3. The van der Waals surface area contributed by atoms with Crippen LogP contribution in [0.4, 0.5) is 0 Å². The Morgan fingerprint density at radius 2 is 2.22 bits per heavy atom. The van der Waals surface area contributed by atoms with E-state index in [9.17, 15) is 9.90 Å². The van der Waals surface area contributed by atoms with Crippen LogP contribution in [0.2, 0.25) is 0 Å². The Morgan fingerprint density at radius 1 is 1.43 bits per heavy atom. The number of rotatable bonds is 4. The molecule has 3 rings (SSSR count). The molecule has 1 amide bonds. The van der Waals surface area contributed by atoms with Gasteiger partial charge in [0.2, 0.25) is 0 Å². The van der Waals surface area contributed by atoms with Gasteiger partial charge in [-0.2, -0.15) is 5.10 Å².